The molecule has 1 unspecified atom stereocenters. The Labute approximate surface area is 174 Å². The van der Waals surface area contributed by atoms with Gasteiger partial charge in [-0.2, -0.15) is 0 Å². The molecule has 148 valence electrons. The van der Waals surface area contributed by atoms with Crippen molar-refractivity contribution in [2.75, 3.05) is 14.2 Å². The van der Waals surface area contributed by atoms with Crippen LogP contribution in [0.1, 0.15) is 24.0 Å². The average molecular weight is 408 g/mol. The van der Waals surface area contributed by atoms with E-state index >= 15 is 0 Å². The lowest BCUT2D eigenvalue weighted by atomic mass is 9.99. The van der Waals surface area contributed by atoms with Crippen LogP contribution in [0.3, 0.4) is 0 Å². The zero-order valence-electron chi connectivity index (χ0n) is 16.6. The van der Waals surface area contributed by atoms with Crippen molar-refractivity contribution in [3.05, 3.63) is 76.8 Å². The molecule has 0 spiro atoms. The smallest absolute Gasteiger partial charge is 0.312 e. The third-order valence-corrected chi connectivity index (χ3v) is 5.66. The second-order valence-corrected chi connectivity index (χ2v) is 7.52. The van der Waals surface area contributed by atoms with Crippen LogP contribution in [0.2, 0.25) is 5.02 Å². The first-order chi connectivity index (χ1) is 14.0. The Morgan fingerprint density at radius 2 is 1.79 bits per heavy atom. The predicted molar refractivity (Wildman–Crippen MR) is 117 cm³/mol. The zero-order chi connectivity index (χ0) is 20.5. The Bertz CT molecular complexity index is 1210. The van der Waals surface area contributed by atoms with Gasteiger partial charge in [0.25, 0.3) is 0 Å². The molecule has 0 saturated heterocycles. The van der Waals surface area contributed by atoms with Gasteiger partial charge in [-0.25, -0.2) is 0 Å². The summed E-state index contributed by atoms with van der Waals surface area (Å²) in [6.07, 6.45) is 0. The third-order valence-electron chi connectivity index (χ3n) is 5.43. The Balaban J connectivity index is 1.95. The van der Waals surface area contributed by atoms with Crippen LogP contribution < -0.4 is 4.74 Å². The molecule has 0 aliphatic heterocycles. The first-order valence-electron chi connectivity index (χ1n) is 9.44. The molecule has 0 bridgehead atoms. The lowest BCUT2D eigenvalue weighted by Crippen LogP contribution is -2.11. The van der Waals surface area contributed by atoms with E-state index in [-0.39, 0.29) is 11.9 Å². The topological polar surface area (TPSA) is 40.5 Å². The highest BCUT2D eigenvalue weighted by atomic mass is 35.5. The molecule has 0 aliphatic rings. The van der Waals surface area contributed by atoms with Crippen molar-refractivity contribution < 1.29 is 14.3 Å². The minimum atomic E-state index is -0.342. The summed E-state index contributed by atoms with van der Waals surface area (Å²) < 4.78 is 12.7. The minimum absolute atomic E-state index is 0.250. The first-order valence-corrected chi connectivity index (χ1v) is 9.82. The summed E-state index contributed by atoms with van der Waals surface area (Å²) in [4.78, 5) is 12.1. The van der Waals surface area contributed by atoms with Gasteiger partial charge in [0, 0.05) is 32.4 Å². The van der Waals surface area contributed by atoms with Crippen molar-refractivity contribution in [1.29, 1.82) is 0 Å². The predicted octanol–water partition coefficient (Wildman–Crippen LogP) is 5.78. The molecule has 1 aromatic heterocycles. The average Bonchev–Trinajstić information content (AvgIpc) is 3.05. The molecule has 0 saturated carbocycles. The molecule has 3 aromatic carbocycles. The highest BCUT2D eigenvalue weighted by Gasteiger charge is 2.19. The SMILES string of the molecule is COC(=O)C(C)c1ccc2c3cc(Cl)ccc3n(Cc3ccccc3OC)c2c1. The highest BCUT2D eigenvalue weighted by Crippen LogP contribution is 2.34. The first kappa shape index (κ1) is 19.3. The van der Waals surface area contributed by atoms with E-state index in [0.29, 0.717) is 11.6 Å². The van der Waals surface area contributed by atoms with E-state index in [4.69, 9.17) is 21.1 Å². The van der Waals surface area contributed by atoms with Crippen LogP contribution in [0.5, 0.6) is 5.75 Å². The molecule has 0 fully saturated rings. The molecule has 0 aliphatic carbocycles. The van der Waals surface area contributed by atoms with Gasteiger partial charge in [0.15, 0.2) is 0 Å². The molecule has 0 amide bonds. The van der Waals surface area contributed by atoms with Gasteiger partial charge in [-0.3, -0.25) is 4.79 Å². The van der Waals surface area contributed by atoms with E-state index in [1.165, 1.54) is 7.11 Å². The Kier molecular flexibility index (Phi) is 5.20. The molecule has 4 aromatic rings. The fourth-order valence-electron chi connectivity index (χ4n) is 3.85. The highest BCUT2D eigenvalue weighted by molar-refractivity contribution is 6.31. The second kappa shape index (κ2) is 7.80. The number of methoxy groups -OCH3 is 2. The van der Waals surface area contributed by atoms with Crippen LogP contribution in [0, 0.1) is 0 Å². The Morgan fingerprint density at radius 1 is 1.00 bits per heavy atom. The number of halogens is 1. The summed E-state index contributed by atoms with van der Waals surface area (Å²) in [6, 6.07) is 20.0. The van der Waals surface area contributed by atoms with E-state index in [0.717, 1.165) is 38.7 Å². The number of rotatable bonds is 5. The standard InChI is InChI=1S/C24H22ClNO3/c1-15(24(27)29-3)16-8-10-19-20-13-18(25)9-11-21(20)26(22(19)12-16)14-17-6-4-5-7-23(17)28-2/h4-13,15H,14H2,1-3H3. The molecule has 29 heavy (non-hydrogen) atoms. The van der Waals surface area contributed by atoms with E-state index in [1.54, 1.807) is 7.11 Å². The van der Waals surface area contributed by atoms with Crippen molar-refractivity contribution >= 4 is 39.4 Å². The van der Waals surface area contributed by atoms with Crippen molar-refractivity contribution in [2.24, 2.45) is 0 Å². The summed E-state index contributed by atoms with van der Waals surface area (Å²) in [6.45, 7) is 2.50. The fourth-order valence-corrected chi connectivity index (χ4v) is 4.02. The number of carbonyl (C=O) groups is 1. The summed E-state index contributed by atoms with van der Waals surface area (Å²) in [5.74, 6) is 0.251. The number of hydrogen-bond acceptors (Lipinski definition) is 3. The van der Waals surface area contributed by atoms with Gasteiger partial charge in [0.05, 0.1) is 26.7 Å². The van der Waals surface area contributed by atoms with E-state index in [1.807, 2.05) is 49.4 Å². The second-order valence-electron chi connectivity index (χ2n) is 7.08. The van der Waals surface area contributed by atoms with Gasteiger partial charge in [-0.15, -0.1) is 0 Å². The molecular weight excluding hydrogens is 386 g/mol. The molecule has 1 heterocycles. The number of carbonyl (C=O) groups excluding carboxylic acids is 1. The molecule has 4 nitrogen and oxygen atoms in total. The van der Waals surface area contributed by atoms with Gasteiger partial charge in [0.2, 0.25) is 0 Å². The number of ether oxygens (including phenoxy) is 2. The van der Waals surface area contributed by atoms with Crippen molar-refractivity contribution in [1.82, 2.24) is 4.57 Å². The van der Waals surface area contributed by atoms with E-state index in [9.17, 15) is 4.79 Å². The van der Waals surface area contributed by atoms with Crippen LogP contribution in [0.15, 0.2) is 60.7 Å². The molecule has 0 radical (unpaired) electrons. The number of hydrogen-bond donors (Lipinski definition) is 0. The summed E-state index contributed by atoms with van der Waals surface area (Å²) in [5.41, 5.74) is 4.12. The summed E-state index contributed by atoms with van der Waals surface area (Å²) in [5, 5.41) is 2.87. The van der Waals surface area contributed by atoms with Crippen molar-refractivity contribution in [3.63, 3.8) is 0 Å². The molecule has 0 N–H and O–H groups in total. The lowest BCUT2D eigenvalue weighted by Gasteiger charge is -2.13. The maximum atomic E-state index is 12.1. The number of benzene rings is 3. The lowest BCUT2D eigenvalue weighted by molar-refractivity contribution is -0.141. The number of nitrogens with zero attached hydrogens (tertiary/aromatic N) is 1. The third kappa shape index (κ3) is 3.45. The Morgan fingerprint density at radius 3 is 2.55 bits per heavy atom. The molecule has 1 atom stereocenters. The quantitative estimate of drug-likeness (QED) is 0.393. The van der Waals surface area contributed by atoms with Gasteiger partial charge in [0.1, 0.15) is 5.75 Å². The number of aromatic nitrogens is 1. The van der Waals surface area contributed by atoms with Gasteiger partial charge in [-0.1, -0.05) is 41.9 Å². The van der Waals surface area contributed by atoms with Gasteiger partial charge in [-0.05, 0) is 42.8 Å². The maximum absolute atomic E-state index is 12.1. The van der Waals surface area contributed by atoms with E-state index in [2.05, 4.69) is 22.8 Å². The summed E-state index contributed by atoms with van der Waals surface area (Å²) in [7, 11) is 3.10. The van der Waals surface area contributed by atoms with Crippen LogP contribution in [0.4, 0.5) is 0 Å². The van der Waals surface area contributed by atoms with Crippen molar-refractivity contribution in [3.8, 4) is 5.75 Å². The molecule has 5 heteroatoms. The maximum Gasteiger partial charge on any atom is 0.312 e. The number of fused-ring (bicyclic) bond motifs is 3. The van der Waals surface area contributed by atoms with Crippen LogP contribution in [-0.2, 0) is 16.1 Å². The van der Waals surface area contributed by atoms with E-state index < -0.39 is 0 Å². The largest absolute Gasteiger partial charge is 0.496 e. The number of para-hydroxylation sites is 1. The molecule has 4 rings (SSSR count). The number of esters is 1. The normalized spacial score (nSPS) is 12.3. The van der Waals surface area contributed by atoms with Crippen molar-refractivity contribution in [2.45, 2.75) is 19.4 Å². The van der Waals surface area contributed by atoms with Crippen LogP contribution >= 0.6 is 11.6 Å². The monoisotopic (exact) mass is 407 g/mol. The van der Waals surface area contributed by atoms with Crippen LogP contribution in [0.25, 0.3) is 21.8 Å². The molecular formula is C24H22ClNO3. The van der Waals surface area contributed by atoms with Gasteiger partial charge >= 0.3 is 5.97 Å². The Hall–Kier alpha value is -2.98. The fraction of sp³-hybridized carbons (Fsp3) is 0.208. The van der Waals surface area contributed by atoms with Gasteiger partial charge < -0.3 is 14.0 Å². The minimum Gasteiger partial charge on any atom is -0.496 e. The zero-order valence-corrected chi connectivity index (χ0v) is 17.4. The summed E-state index contributed by atoms with van der Waals surface area (Å²) >= 11 is 6.29. The van der Waals surface area contributed by atoms with Crippen LogP contribution in [-0.4, -0.2) is 24.8 Å².